The lowest BCUT2D eigenvalue weighted by atomic mass is 10.1. The van der Waals surface area contributed by atoms with E-state index >= 15 is 0 Å². The average molecular weight is 315 g/mol. The third-order valence-corrected chi connectivity index (χ3v) is 7.00. The number of hydrogen-bond acceptors (Lipinski definition) is 3. The van der Waals surface area contributed by atoms with Crippen molar-refractivity contribution in [3.8, 4) is 0 Å². The fourth-order valence-corrected chi connectivity index (χ4v) is 5.71. The standard InChI is InChI=1S/C15H29N3O2S/c19-21(20,18-12-13-7-8-15(18)11-13)17-10-9-16-14-5-3-1-2-4-6-14/h13-17H,1-12H2. The van der Waals surface area contributed by atoms with Crippen LogP contribution in [0.15, 0.2) is 0 Å². The maximum absolute atomic E-state index is 12.3. The summed E-state index contributed by atoms with van der Waals surface area (Å²) >= 11 is 0. The number of piperidine rings is 1. The van der Waals surface area contributed by atoms with E-state index in [0.29, 0.717) is 18.5 Å². The van der Waals surface area contributed by atoms with Gasteiger partial charge in [0, 0.05) is 31.7 Å². The molecular weight excluding hydrogens is 286 g/mol. The van der Waals surface area contributed by atoms with Gasteiger partial charge >= 0.3 is 0 Å². The molecular formula is C15H29N3O2S. The van der Waals surface area contributed by atoms with E-state index in [9.17, 15) is 8.42 Å². The molecule has 1 heterocycles. The fourth-order valence-electron chi connectivity index (χ4n) is 4.20. The van der Waals surface area contributed by atoms with Gasteiger partial charge in [-0.15, -0.1) is 0 Å². The maximum Gasteiger partial charge on any atom is 0.279 e. The molecule has 2 bridgehead atoms. The second kappa shape index (κ2) is 6.94. The van der Waals surface area contributed by atoms with Crippen LogP contribution in [0.25, 0.3) is 0 Å². The van der Waals surface area contributed by atoms with E-state index in [1.54, 1.807) is 4.31 Å². The highest BCUT2D eigenvalue weighted by atomic mass is 32.2. The molecule has 0 amide bonds. The molecule has 3 fully saturated rings. The van der Waals surface area contributed by atoms with Crippen molar-refractivity contribution in [1.82, 2.24) is 14.3 Å². The zero-order valence-corrected chi connectivity index (χ0v) is 13.7. The minimum Gasteiger partial charge on any atom is -0.313 e. The van der Waals surface area contributed by atoms with E-state index in [4.69, 9.17) is 0 Å². The topological polar surface area (TPSA) is 61.4 Å². The molecule has 122 valence electrons. The highest BCUT2D eigenvalue weighted by Crippen LogP contribution is 2.38. The van der Waals surface area contributed by atoms with E-state index in [0.717, 1.165) is 25.9 Å². The Morgan fingerprint density at radius 3 is 2.33 bits per heavy atom. The van der Waals surface area contributed by atoms with Crippen molar-refractivity contribution in [2.45, 2.75) is 69.9 Å². The number of fused-ring (bicyclic) bond motifs is 2. The lowest BCUT2D eigenvalue weighted by Crippen LogP contribution is -2.47. The molecule has 2 saturated carbocycles. The smallest absolute Gasteiger partial charge is 0.279 e. The van der Waals surface area contributed by atoms with Crippen molar-refractivity contribution >= 4 is 10.2 Å². The molecule has 2 aliphatic carbocycles. The van der Waals surface area contributed by atoms with Crippen molar-refractivity contribution in [1.29, 1.82) is 0 Å². The molecule has 0 aromatic carbocycles. The summed E-state index contributed by atoms with van der Waals surface area (Å²) in [6, 6.07) is 0.849. The van der Waals surface area contributed by atoms with Gasteiger partial charge in [0.25, 0.3) is 10.2 Å². The zero-order valence-electron chi connectivity index (χ0n) is 12.9. The highest BCUT2D eigenvalue weighted by molar-refractivity contribution is 7.87. The molecule has 6 heteroatoms. The average Bonchev–Trinajstić information content (AvgIpc) is 3.00. The molecule has 21 heavy (non-hydrogen) atoms. The van der Waals surface area contributed by atoms with Gasteiger partial charge in [-0.1, -0.05) is 25.7 Å². The van der Waals surface area contributed by atoms with E-state index in [-0.39, 0.29) is 6.04 Å². The van der Waals surface area contributed by atoms with Crippen LogP contribution in [0, 0.1) is 5.92 Å². The van der Waals surface area contributed by atoms with Crippen LogP contribution in [-0.2, 0) is 10.2 Å². The first-order valence-corrected chi connectivity index (χ1v) is 10.1. The minimum atomic E-state index is -3.26. The monoisotopic (exact) mass is 315 g/mol. The van der Waals surface area contributed by atoms with Crippen molar-refractivity contribution in [2.24, 2.45) is 5.92 Å². The number of hydrogen-bond donors (Lipinski definition) is 2. The van der Waals surface area contributed by atoms with E-state index in [1.165, 1.54) is 44.9 Å². The van der Waals surface area contributed by atoms with Crippen molar-refractivity contribution in [2.75, 3.05) is 19.6 Å². The molecule has 2 N–H and O–H groups in total. The normalized spacial score (nSPS) is 31.6. The Morgan fingerprint density at radius 1 is 0.952 bits per heavy atom. The highest BCUT2D eigenvalue weighted by Gasteiger charge is 2.43. The second-order valence-corrected chi connectivity index (χ2v) is 8.65. The molecule has 5 nitrogen and oxygen atoms in total. The summed E-state index contributed by atoms with van der Waals surface area (Å²) in [7, 11) is -3.26. The Morgan fingerprint density at radius 2 is 1.71 bits per heavy atom. The van der Waals surface area contributed by atoms with Gasteiger partial charge in [-0.3, -0.25) is 0 Å². The molecule has 0 spiro atoms. The van der Waals surface area contributed by atoms with Crippen LogP contribution in [0.3, 0.4) is 0 Å². The van der Waals surface area contributed by atoms with Crippen molar-refractivity contribution in [3.05, 3.63) is 0 Å². The van der Waals surface area contributed by atoms with Gasteiger partial charge in [-0.25, -0.2) is 4.72 Å². The predicted octanol–water partition coefficient (Wildman–Crippen LogP) is 1.62. The molecule has 0 radical (unpaired) electrons. The van der Waals surface area contributed by atoms with Gasteiger partial charge in [0.15, 0.2) is 0 Å². The van der Waals surface area contributed by atoms with Crippen LogP contribution in [0.2, 0.25) is 0 Å². The van der Waals surface area contributed by atoms with Crippen molar-refractivity contribution in [3.63, 3.8) is 0 Å². The Labute approximate surface area is 129 Å². The first-order chi connectivity index (χ1) is 10.1. The minimum absolute atomic E-state index is 0.266. The summed E-state index contributed by atoms with van der Waals surface area (Å²) in [5.41, 5.74) is 0. The quantitative estimate of drug-likeness (QED) is 0.578. The van der Waals surface area contributed by atoms with Gasteiger partial charge in [0.2, 0.25) is 0 Å². The summed E-state index contributed by atoms with van der Waals surface area (Å²) < 4.78 is 29.1. The van der Waals surface area contributed by atoms with Crippen LogP contribution in [-0.4, -0.2) is 44.4 Å². The number of nitrogens with zero attached hydrogens (tertiary/aromatic N) is 1. The lowest BCUT2D eigenvalue weighted by Gasteiger charge is -2.26. The molecule has 3 rings (SSSR count). The largest absolute Gasteiger partial charge is 0.313 e. The van der Waals surface area contributed by atoms with Crippen molar-refractivity contribution < 1.29 is 8.42 Å². The molecule has 0 aromatic rings. The van der Waals surface area contributed by atoms with Crippen LogP contribution >= 0.6 is 0 Å². The van der Waals surface area contributed by atoms with Crippen LogP contribution in [0.5, 0.6) is 0 Å². The number of rotatable bonds is 6. The SMILES string of the molecule is O=S(=O)(NCCNC1CCCCCC1)N1CC2CCC1C2. The van der Waals surface area contributed by atoms with E-state index in [1.807, 2.05) is 0 Å². The predicted molar refractivity (Wildman–Crippen MR) is 84.3 cm³/mol. The molecule has 2 unspecified atom stereocenters. The summed E-state index contributed by atoms with van der Waals surface area (Å²) in [5, 5.41) is 3.51. The summed E-state index contributed by atoms with van der Waals surface area (Å²) in [5.74, 6) is 0.607. The fraction of sp³-hybridized carbons (Fsp3) is 1.00. The lowest BCUT2D eigenvalue weighted by molar-refractivity contribution is 0.328. The van der Waals surface area contributed by atoms with Gasteiger partial charge in [-0.05, 0) is 38.0 Å². The van der Waals surface area contributed by atoms with Crippen LogP contribution < -0.4 is 10.0 Å². The van der Waals surface area contributed by atoms with Gasteiger partial charge in [0.05, 0.1) is 0 Å². The Balaban J connectivity index is 1.38. The van der Waals surface area contributed by atoms with E-state index < -0.39 is 10.2 Å². The zero-order chi connectivity index (χ0) is 14.7. The summed E-state index contributed by atoms with van der Waals surface area (Å²) in [4.78, 5) is 0. The van der Waals surface area contributed by atoms with Crippen LogP contribution in [0.1, 0.15) is 57.8 Å². The first-order valence-electron chi connectivity index (χ1n) is 8.65. The third-order valence-electron chi connectivity index (χ3n) is 5.37. The molecule has 0 aromatic heterocycles. The molecule has 2 atom stereocenters. The summed E-state index contributed by atoms with van der Waals surface area (Å²) in [6.07, 6.45) is 11.1. The van der Waals surface area contributed by atoms with Crippen LogP contribution in [0.4, 0.5) is 0 Å². The Hall–Kier alpha value is -0.170. The van der Waals surface area contributed by atoms with Gasteiger partial charge in [0.1, 0.15) is 0 Å². The van der Waals surface area contributed by atoms with Gasteiger partial charge in [-0.2, -0.15) is 12.7 Å². The molecule has 1 saturated heterocycles. The number of nitrogens with one attached hydrogen (secondary N) is 2. The first kappa shape index (κ1) is 15.7. The second-order valence-electron chi connectivity index (χ2n) is 6.94. The molecule has 3 aliphatic rings. The maximum atomic E-state index is 12.3. The molecule has 1 aliphatic heterocycles. The Bertz CT molecular complexity index is 432. The third kappa shape index (κ3) is 3.97. The Kier molecular flexibility index (Phi) is 5.19. The van der Waals surface area contributed by atoms with E-state index in [2.05, 4.69) is 10.0 Å². The van der Waals surface area contributed by atoms with Gasteiger partial charge < -0.3 is 5.32 Å². The summed E-state index contributed by atoms with van der Waals surface area (Å²) in [6.45, 7) is 1.98.